The Labute approximate surface area is 225 Å². The number of piperidine rings is 1. The third-order valence-electron chi connectivity index (χ3n) is 7.08. The van der Waals surface area contributed by atoms with Gasteiger partial charge in [0.2, 0.25) is 0 Å². The number of anilines is 4. The number of nitrogens with one attached hydrogen (secondary N) is 2. The van der Waals surface area contributed by atoms with E-state index in [0.29, 0.717) is 30.2 Å². The van der Waals surface area contributed by atoms with Crippen molar-refractivity contribution in [2.24, 2.45) is 11.7 Å². The van der Waals surface area contributed by atoms with Crippen molar-refractivity contribution in [1.29, 1.82) is 0 Å². The second-order valence-electron chi connectivity index (χ2n) is 11.4. The highest BCUT2D eigenvalue weighted by Gasteiger charge is 2.32. The first kappa shape index (κ1) is 27.5. The summed E-state index contributed by atoms with van der Waals surface area (Å²) in [6.07, 6.45) is 1.93. The molecule has 2 amide bonds. The van der Waals surface area contributed by atoms with Crippen molar-refractivity contribution in [1.82, 2.24) is 14.8 Å². The van der Waals surface area contributed by atoms with Crippen LogP contribution in [0.3, 0.4) is 0 Å². The van der Waals surface area contributed by atoms with Gasteiger partial charge < -0.3 is 35.8 Å². The van der Waals surface area contributed by atoms with Crippen LogP contribution in [0.2, 0.25) is 0 Å². The fourth-order valence-corrected chi connectivity index (χ4v) is 4.86. The van der Waals surface area contributed by atoms with Gasteiger partial charge in [-0.25, -0.2) is 9.78 Å². The SMILES string of the molecule is C[C@H]1CN(C(=O)OC(C)(C)C)CC[C@H]1Nc1cc(Nc2ccc(N3CCN(C)CC3)cc2)ncc1C(N)=O. The predicted octanol–water partition coefficient (Wildman–Crippen LogP) is 3.73. The Balaban J connectivity index is 1.42. The lowest BCUT2D eigenvalue weighted by atomic mass is 9.93. The fourth-order valence-electron chi connectivity index (χ4n) is 4.86. The maximum Gasteiger partial charge on any atom is 0.410 e. The number of piperazine rings is 1. The molecule has 10 nitrogen and oxygen atoms in total. The van der Waals surface area contributed by atoms with Crippen LogP contribution in [-0.4, -0.2) is 84.7 Å². The van der Waals surface area contributed by atoms with Crippen LogP contribution < -0.4 is 21.3 Å². The lowest BCUT2D eigenvalue weighted by molar-refractivity contribution is 0.0165. The van der Waals surface area contributed by atoms with E-state index in [2.05, 4.69) is 51.5 Å². The number of nitrogens with two attached hydrogens (primary N) is 1. The third kappa shape index (κ3) is 7.06. The minimum absolute atomic E-state index is 0.0601. The molecule has 2 aromatic rings. The molecule has 0 bridgehead atoms. The number of carbonyl (C=O) groups is 2. The minimum Gasteiger partial charge on any atom is -0.444 e. The number of aromatic nitrogens is 1. The highest BCUT2D eigenvalue weighted by molar-refractivity contribution is 5.98. The average Bonchev–Trinajstić information content (AvgIpc) is 2.85. The first-order valence-corrected chi connectivity index (χ1v) is 13.3. The molecule has 0 aliphatic carbocycles. The van der Waals surface area contributed by atoms with E-state index in [1.54, 1.807) is 4.90 Å². The molecule has 0 saturated carbocycles. The third-order valence-corrected chi connectivity index (χ3v) is 7.08. The number of nitrogens with zero attached hydrogens (tertiary/aromatic N) is 4. The summed E-state index contributed by atoms with van der Waals surface area (Å²) in [5, 5.41) is 6.84. The Morgan fingerprint density at radius 3 is 2.37 bits per heavy atom. The van der Waals surface area contributed by atoms with Crippen molar-refractivity contribution in [3.8, 4) is 0 Å². The summed E-state index contributed by atoms with van der Waals surface area (Å²) >= 11 is 0. The molecular formula is C28H41N7O3. The highest BCUT2D eigenvalue weighted by Crippen LogP contribution is 2.28. The van der Waals surface area contributed by atoms with E-state index >= 15 is 0 Å². The average molecular weight is 524 g/mol. The number of benzene rings is 1. The van der Waals surface area contributed by atoms with Crippen LogP contribution in [-0.2, 0) is 4.74 Å². The number of ether oxygens (including phenoxy) is 1. The van der Waals surface area contributed by atoms with Crippen molar-refractivity contribution < 1.29 is 14.3 Å². The molecule has 38 heavy (non-hydrogen) atoms. The van der Waals surface area contributed by atoms with Crippen LogP contribution in [0.1, 0.15) is 44.5 Å². The molecule has 4 N–H and O–H groups in total. The van der Waals surface area contributed by atoms with E-state index in [1.165, 1.54) is 11.9 Å². The summed E-state index contributed by atoms with van der Waals surface area (Å²) in [7, 11) is 2.15. The number of hydrogen-bond acceptors (Lipinski definition) is 8. The summed E-state index contributed by atoms with van der Waals surface area (Å²) in [5.74, 6) is 0.217. The van der Waals surface area contributed by atoms with E-state index in [1.807, 2.05) is 39.0 Å². The molecule has 2 aliphatic rings. The predicted molar refractivity (Wildman–Crippen MR) is 151 cm³/mol. The Morgan fingerprint density at radius 2 is 1.76 bits per heavy atom. The largest absolute Gasteiger partial charge is 0.444 e. The molecule has 0 unspecified atom stereocenters. The van der Waals surface area contributed by atoms with Gasteiger partial charge in [0, 0.05) is 68.9 Å². The first-order chi connectivity index (χ1) is 18.0. The number of rotatable bonds is 6. The molecule has 2 aliphatic heterocycles. The number of pyridine rings is 1. The van der Waals surface area contributed by atoms with Gasteiger partial charge in [-0.3, -0.25) is 4.79 Å². The lowest BCUT2D eigenvalue weighted by Crippen LogP contribution is -2.49. The zero-order chi connectivity index (χ0) is 27.4. The van der Waals surface area contributed by atoms with Gasteiger partial charge in [0.15, 0.2) is 0 Å². The Morgan fingerprint density at radius 1 is 1.08 bits per heavy atom. The van der Waals surface area contributed by atoms with Gasteiger partial charge in [0.05, 0.1) is 11.3 Å². The number of hydrogen-bond donors (Lipinski definition) is 3. The van der Waals surface area contributed by atoms with Crippen LogP contribution in [0.5, 0.6) is 0 Å². The zero-order valence-electron chi connectivity index (χ0n) is 23.2. The van der Waals surface area contributed by atoms with Crippen molar-refractivity contribution >= 4 is 34.9 Å². The molecule has 2 fully saturated rings. The molecule has 1 aromatic carbocycles. The quantitative estimate of drug-likeness (QED) is 0.525. The van der Waals surface area contributed by atoms with Gasteiger partial charge in [-0.1, -0.05) is 6.92 Å². The Kier molecular flexibility index (Phi) is 8.30. The molecule has 10 heteroatoms. The fraction of sp³-hybridized carbons (Fsp3) is 0.536. The summed E-state index contributed by atoms with van der Waals surface area (Å²) in [5.41, 5.74) is 8.21. The smallest absolute Gasteiger partial charge is 0.410 e. The molecular weight excluding hydrogens is 482 g/mol. The van der Waals surface area contributed by atoms with Gasteiger partial charge in [0.1, 0.15) is 11.4 Å². The number of likely N-dealkylation sites (tertiary alicyclic amines) is 1. The number of primary amides is 1. The molecule has 2 saturated heterocycles. The van der Waals surface area contributed by atoms with E-state index in [4.69, 9.17) is 10.5 Å². The van der Waals surface area contributed by atoms with Crippen LogP contribution in [0.15, 0.2) is 36.5 Å². The van der Waals surface area contributed by atoms with Crippen molar-refractivity contribution in [2.75, 3.05) is 61.8 Å². The highest BCUT2D eigenvalue weighted by atomic mass is 16.6. The van der Waals surface area contributed by atoms with Gasteiger partial charge in [0.25, 0.3) is 5.91 Å². The van der Waals surface area contributed by atoms with E-state index in [-0.39, 0.29) is 18.1 Å². The molecule has 1 aromatic heterocycles. The summed E-state index contributed by atoms with van der Waals surface area (Å²) in [6, 6.07) is 10.2. The van der Waals surface area contributed by atoms with Crippen LogP contribution in [0.4, 0.5) is 27.7 Å². The monoisotopic (exact) mass is 523 g/mol. The topological polar surface area (TPSA) is 116 Å². The molecule has 0 spiro atoms. The van der Waals surface area contributed by atoms with Gasteiger partial charge in [-0.05, 0) is 64.4 Å². The summed E-state index contributed by atoms with van der Waals surface area (Å²) < 4.78 is 5.53. The Hall–Kier alpha value is -3.53. The van der Waals surface area contributed by atoms with Crippen molar-refractivity contribution in [3.05, 3.63) is 42.1 Å². The normalized spacial score (nSPS) is 20.7. The first-order valence-electron chi connectivity index (χ1n) is 13.3. The second-order valence-corrected chi connectivity index (χ2v) is 11.4. The molecule has 2 atom stereocenters. The number of likely N-dealkylation sites (N-methyl/N-ethyl adjacent to an activating group) is 1. The van der Waals surface area contributed by atoms with Gasteiger partial charge >= 0.3 is 6.09 Å². The van der Waals surface area contributed by atoms with Crippen LogP contribution in [0.25, 0.3) is 0 Å². The van der Waals surface area contributed by atoms with Crippen molar-refractivity contribution in [3.63, 3.8) is 0 Å². The number of carbonyl (C=O) groups excluding carboxylic acids is 2. The standard InChI is InChI=1S/C28H41N7O3/c1-19-18-35(27(37)38-28(2,3)4)11-10-23(19)32-24-16-25(30-17-22(24)26(29)36)31-20-6-8-21(9-7-20)34-14-12-33(5)13-15-34/h6-9,16-17,19,23H,10-15,18H2,1-5H3,(H2,29,36)(H2,30,31,32)/t19-,23+/m0/s1. The summed E-state index contributed by atoms with van der Waals surface area (Å²) in [4.78, 5) is 35.5. The van der Waals surface area contributed by atoms with E-state index in [9.17, 15) is 9.59 Å². The lowest BCUT2D eigenvalue weighted by Gasteiger charge is -2.38. The van der Waals surface area contributed by atoms with Crippen molar-refractivity contribution in [2.45, 2.75) is 45.8 Å². The van der Waals surface area contributed by atoms with E-state index in [0.717, 1.165) is 38.3 Å². The van der Waals surface area contributed by atoms with Gasteiger partial charge in [-0.15, -0.1) is 0 Å². The van der Waals surface area contributed by atoms with Crippen LogP contribution >= 0.6 is 0 Å². The number of amides is 2. The molecule has 4 rings (SSSR count). The second kappa shape index (κ2) is 11.5. The zero-order valence-corrected chi connectivity index (χ0v) is 23.2. The molecule has 206 valence electrons. The van der Waals surface area contributed by atoms with Gasteiger partial charge in [-0.2, -0.15) is 0 Å². The molecule has 0 radical (unpaired) electrons. The van der Waals surface area contributed by atoms with E-state index < -0.39 is 11.5 Å². The minimum atomic E-state index is -0.540. The Bertz CT molecular complexity index is 1120. The van der Waals surface area contributed by atoms with Crippen LogP contribution in [0, 0.1) is 5.92 Å². The summed E-state index contributed by atoms with van der Waals surface area (Å²) in [6.45, 7) is 13.0. The maximum atomic E-state index is 12.5. The maximum absolute atomic E-state index is 12.5. The molecule has 3 heterocycles.